The molecule has 1 saturated heterocycles. The fraction of sp³-hybridized carbons (Fsp3) is 0.360. The summed E-state index contributed by atoms with van der Waals surface area (Å²) in [5, 5.41) is 0. The van der Waals surface area contributed by atoms with Crippen molar-refractivity contribution in [3.05, 3.63) is 77.8 Å². The SMILES string of the molecule is Cc1cnc(C(=O)N(CCC(=O)N2CCN(c3ccccc3C)CC2)Cc2ccco2)cn1. The van der Waals surface area contributed by atoms with E-state index in [-0.39, 0.29) is 37.0 Å². The van der Waals surface area contributed by atoms with E-state index in [1.54, 1.807) is 23.4 Å². The topological polar surface area (TPSA) is 82.8 Å². The minimum absolute atomic E-state index is 0.0478. The number of furan rings is 1. The number of rotatable bonds is 7. The Morgan fingerprint density at radius 2 is 1.79 bits per heavy atom. The highest BCUT2D eigenvalue weighted by molar-refractivity contribution is 5.92. The van der Waals surface area contributed by atoms with Gasteiger partial charge in [-0.1, -0.05) is 18.2 Å². The van der Waals surface area contributed by atoms with Crippen molar-refractivity contribution in [3.63, 3.8) is 0 Å². The highest BCUT2D eigenvalue weighted by atomic mass is 16.3. The number of benzene rings is 1. The van der Waals surface area contributed by atoms with Gasteiger partial charge in [0, 0.05) is 51.0 Å². The number of carbonyl (C=O) groups is 2. The number of piperazine rings is 1. The quantitative estimate of drug-likeness (QED) is 0.554. The van der Waals surface area contributed by atoms with Crippen molar-refractivity contribution in [2.24, 2.45) is 0 Å². The molecule has 4 rings (SSSR count). The minimum Gasteiger partial charge on any atom is -0.467 e. The smallest absolute Gasteiger partial charge is 0.274 e. The van der Waals surface area contributed by atoms with Gasteiger partial charge in [-0.25, -0.2) is 4.98 Å². The largest absolute Gasteiger partial charge is 0.467 e. The molecule has 3 aromatic rings. The molecule has 8 nitrogen and oxygen atoms in total. The summed E-state index contributed by atoms with van der Waals surface area (Å²) in [4.78, 5) is 40.2. The van der Waals surface area contributed by atoms with Crippen LogP contribution >= 0.6 is 0 Å². The molecule has 33 heavy (non-hydrogen) atoms. The van der Waals surface area contributed by atoms with Gasteiger partial charge in [0.25, 0.3) is 5.91 Å². The summed E-state index contributed by atoms with van der Waals surface area (Å²) < 4.78 is 5.42. The monoisotopic (exact) mass is 447 g/mol. The van der Waals surface area contributed by atoms with E-state index < -0.39 is 0 Å². The third-order valence-electron chi connectivity index (χ3n) is 5.90. The third kappa shape index (κ3) is 5.58. The van der Waals surface area contributed by atoms with Crippen molar-refractivity contribution in [1.29, 1.82) is 0 Å². The van der Waals surface area contributed by atoms with Crippen LogP contribution in [0.4, 0.5) is 5.69 Å². The number of aryl methyl sites for hydroxylation is 2. The van der Waals surface area contributed by atoms with E-state index in [9.17, 15) is 9.59 Å². The first-order valence-electron chi connectivity index (χ1n) is 11.2. The summed E-state index contributed by atoms with van der Waals surface area (Å²) in [6, 6.07) is 11.9. The van der Waals surface area contributed by atoms with E-state index in [2.05, 4.69) is 33.9 Å². The third-order valence-corrected chi connectivity index (χ3v) is 5.90. The molecule has 8 heteroatoms. The number of hydrogen-bond donors (Lipinski definition) is 0. The van der Waals surface area contributed by atoms with E-state index >= 15 is 0 Å². The van der Waals surface area contributed by atoms with Gasteiger partial charge in [-0.2, -0.15) is 0 Å². The molecule has 1 aliphatic heterocycles. The molecule has 0 aliphatic carbocycles. The second-order valence-corrected chi connectivity index (χ2v) is 8.25. The van der Waals surface area contributed by atoms with Crippen molar-refractivity contribution >= 4 is 17.5 Å². The molecule has 0 atom stereocenters. The average molecular weight is 448 g/mol. The standard InChI is InChI=1S/C25H29N5O3/c1-19-6-3-4-8-23(19)28-11-13-29(14-12-28)24(31)9-10-30(18-21-7-5-15-33-21)25(32)22-17-26-20(2)16-27-22/h3-8,15-17H,9-14,18H2,1-2H3. The maximum absolute atomic E-state index is 13.1. The molecule has 0 saturated carbocycles. The highest BCUT2D eigenvalue weighted by Crippen LogP contribution is 2.21. The van der Waals surface area contributed by atoms with Crippen LogP contribution < -0.4 is 4.90 Å². The average Bonchev–Trinajstić information content (AvgIpc) is 3.35. The normalized spacial score (nSPS) is 13.8. The van der Waals surface area contributed by atoms with Crippen molar-refractivity contribution in [3.8, 4) is 0 Å². The van der Waals surface area contributed by atoms with Gasteiger partial charge in [-0.3, -0.25) is 14.6 Å². The Hall–Kier alpha value is -3.68. The van der Waals surface area contributed by atoms with Gasteiger partial charge in [-0.05, 0) is 37.6 Å². The molecular weight excluding hydrogens is 418 g/mol. The molecule has 1 aliphatic rings. The zero-order chi connectivity index (χ0) is 23.2. The summed E-state index contributed by atoms with van der Waals surface area (Å²) in [5.41, 5.74) is 3.46. The van der Waals surface area contributed by atoms with Crippen molar-refractivity contribution in [1.82, 2.24) is 19.8 Å². The number of hydrogen-bond acceptors (Lipinski definition) is 6. The van der Waals surface area contributed by atoms with Crippen LogP contribution in [-0.2, 0) is 11.3 Å². The summed E-state index contributed by atoms with van der Waals surface area (Å²) >= 11 is 0. The molecule has 1 fully saturated rings. The van der Waals surface area contributed by atoms with Gasteiger partial charge in [0.05, 0.1) is 24.7 Å². The lowest BCUT2D eigenvalue weighted by Crippen LogP contribution is -2.49. The lowest BCUT2D eigenvalue weighted by molar-refractivity contribution is -0.131. The summed E-state index contributed by atoms with van der Waals surface area (Å²) in [5.74, 6) is 0.436. The zero-order valence-corrected chi connectivity index (χ0v) is 19.1. The van der Waals surface area contributed by atoms with Crippen LogP contribution in [0.25, 0.3) is 0 Å². The molecule has 0 N–H and O–H groups in total. The zero-order valence-electron chi connectivity index (χ0n) is 19.1. The molecular formula is C25H29N5O3. The van der Waals surface area contributed by atoms with Crippen LogP contribution in [0.1, 0.15) is 33.9 Å². The molecule has 0 unspecified atom stereocenters. The number of anilines is 1. The first kappa shape index (κ1) is 22.5. The predicted molar refractivity (Wildman–Crippen MR) is 125 cm³/mol. The Labute approximate surface area is 193 Å². The molecule has 2 aromatic heterocycles. The van der Waals surface area contributed by atoms with E-state index in [4.69, 9.17) is 4.42 Å². The molecule has 1 aromatic carbocycles. The van der Waals surface area contributed by atoms with Gasteiger partial charge in [0.2, 0.25) is 5.91 Å². The van der Waals surface area contributed by atoms with Crippen LogP contribution in [0, 0.1) is 13.8 Å². The molecule has 0 bridgehead atoms. The first-order chi connectivity index (χ1) is 16.0. The Bertz CT molecular complexity index is 1070. The number of aromatic nitrogens is 2. The van der Waals surface area contributed by atoms with Gasteiger partial charge < -0.3 is 19.1 Å². The second kappa shape index (κ2) is 10.3. The van der Waals surface area contributed by atoms with E-state index in [1.807, 2.05) is 30.0 Å². The molecule has 2 amide bonds. The minimum atomic E-state index is -0.268. The second-order valence-electron chi connectivity index (χ2n) is 8.25. The van der Waals surface area contributed by atoms with E-state index in [1.165, 1.54) is 17.4 Å². The highest BCUT2D eigenvalue weighted by Gasteiger charge is 2.24. The van der Waals surface area contributed by atoms with Gasteiger partial charge in [0.1, 0.15) is 11.5 Å². The summed E-state index contributed by atoms with van der Waals surface area (Å²) in [6.07, 6.45) is 4.86. The lowest BCUT2D eigenvalue weighted by atomic mass is 10.1. The molecule has 172 valence electrons. The van der Waals surface area contributed by atoms with Gasteiger partial charge >= 0.3 is 0 Å². The summed E-state index contributed by atoms with van der Waals surface area (Å²) in [6.45, 7) is 7.41. The van der Waals surface area contributed by atoms with Crippen molar-refractivity contribution in [2.45, 2.75) is 26.8 Å². The molecule has 0 spiro atoms. The van der Waals surface area contributed by atoms with Crippen molar-refractivity contribution < 1.29 is 14.0 Å². The Morgan fingerprint density at radius 3 is 2.45 bits per heavy atom. The molecule has 0 radical (unpaired) electrons. The van der Waals surface area contributed by atoms with Gasteiger partial charge in [-0.15, -0.1) is 0 Å². The van der Waals surface area contributed by atoms with Gasteiger partial charge in [0.15, 0.2) is 0 Å². The van der Waals surface area contributed by atoms with E-state index in [0.717, 1.165) is 18.8 Å². The first-order valence-corrected chi connectivity index (χ1v) is 11.2. The Balaban J connectivity index is 1.36. The van der Waals surface area contributed by atoms with E-state index in [0.29, 0.717) is 18.8 Å². The van der Waals surface area contributed by atoms with Crippen LogP contribution in [-0.4, -0.2) is 64.3 Å². The van der Waals surface area contributed by atoms with Crippen molar-refractivity contribution in [2.75, 3.05) is 37.6 Å². The van der Waals surface area contributed by atoms with Crippen LogP contribution in [0.2, 0.25) is 0 Å². The van der Waals surface area contributed by atoms with Crippen LogP contribution in [0.3, 0.4) is 0 Å². The lowest BCUT2D eigenvalue weighted by Gasteiger charge is -2.37. The summed E-state index contributed by atoms with van der Waals surface area (Å²) in [7, 11) is 0. The Kier molecular flexibility index (Phi) is 7.02. The number of amides is 2. The fourth-order valence-electron chi connectivity index (χ4n) is 4.01. The number of carbonyl (C=O) groups excluding carboxylic acids is 2. The fourth-order valence-corrected chi connectivity index (χ4v) is 4.01. The maximum Gasteiger partial charge on any atom is 0.274 e. The van der Waals surface area contributed by atoms with Crippen LogP contribution in [0.15, 0.2) is 59.5 Å². The number of para-hydroxylation sites is 1. The predicted octanol–water partition coefficient (Wildman–Crippen LogP) is 3.07. The Morgan fingerprint density at radius 1 is 1.00 bits per heavy atom. The number of nitrogens with zero attached hydrogens (tertiary/aromatic N) is 5. The van der Waals surface area contributed by atoms with Crippen LogP contribution in [0.5, 0.6) is 0 Å². The maximum atomic E-state index is 13.1. The molecule has 3 heterocycles.